The molecule has 0 aliphatic carbocycles. The molecular weight excluding hydrogens is 516 g/mol. The van der Waals surface area contributed by atoms with Crippen LogP contribution in [0.3, 0.4) is 0 Å². The van der Waals surface area contributed by atoms with Crippen molar-refractivity contribution in [2.45, 2.75) is 50.8 Å². The molecule has 206 valence electrons. The third kappa shape index (κ3) is 5.94. The number of benzene rings is 3. The average Bonchev–Trinajstić information content (AvgIpc) is 3.60. The smallest absolute Gasteiger partial charge is 0.410 e. The Labute approximate surface area is 242 Å². The van der Waals surface area contributed by atoms with Crippen molar-refractivity contribution in [3.05, 3.63) is 126 Å². The molecule has 40 heavy (non-hydrogen) atoms. The van der Waals surface area contributed by atoms with Crippen molar-refractivity contribution >= 4 is 23.3 Å². The molecule has 1 fully saturated rings. The normalized spacial score (nSPS) is 15.6. The predicted octanol–water partition coefficient (Wildman–Crippen LogP) is 6.19. The van der Waals surface area contributed by atoms with E-state index in [1.54, 1.807) is 4.90 Å². The molecule has 2 heterocycles. The number of nitrogens with zero attached hydrogens (tertiary/aromatic N) is 3. The zero-order chi connectivity index (χ0) is 28.2. The van der Waals surface area contributed by atoms with Crippen molar-refractivity contribution in [2.24, 2.45) is 0 Å². The SMILES string of the molecule is CC(C)(C)OC(=O)N1CC[C@H](NC(=S)Cc2cn(C(c3ccccc3)(c3ccccc3)c3ccccc3)cn2)C1. The van der Waals surface area contributed by atoms with E-state index in [4.69, 9.17) is 21.9 Å². The number of aromatic nitrogens is 2. The Kier molecular flexibility index (Phi) is 8.03. The van der Waals surface area contributed by atoms with Crippen LogP contribution in [0, 0.1) is 0 Å². The number of likely N-dealkylation sites (tertiary alicyclic amines) is 1. The van der Waals surface area contributed by atoms with E-state index in [9.17, 15) is 4.79 Å². The second-order valence-corrected chi connectivity index (χ2v) is 11.7. The fourth-order valence-corrected chi connectivity index (χ4v) is 5.75. The lowest BCUT2D eigenvalue weighted by Crippen LogP contribution is -2.40. The second-order valence-electron chi connectivity index (χ2n) is 11.2. The van der Waals surface area contributed by atoms with E-state index in [1.165, 1.54) is 0 Å². The summed E-state index contributed by atoms with van der Waals surface area (Å²) in [7, 11) is 0. The van der Waals surface area contributed by atoms with Crippen molar-refractivity contribution < 1.29 is 9.53 Å². The van der Waals surface area contributed by atoms with E-state index in [0.717, 1.165) is 28.8 Å². The van der Waals surface area contributed by atoms with Gasteiger partial charge in [0.1, 0.15) is 11.1 Å². The number of nitrogens with one attached hydrogen (secondary N) is 1. The molecule has 1 aromatic heterocycles. The molecule has 1 aliphatic rings. The van der Waals surface area contributed by atoms with Crippen molar-refractivity contribution in [2.75, 3.05) is 13.1 Å². The number of amides is 1. The first kappa shape index (κ1) is 27.6. The topological polar surface area (TPSA) is 59.4 Å². The molecule has 6 nitrogen and oxygen atoms in total. The molecule has 0 saturated carbocycles. The predicted molar refractivity (Wildman–Crippen MR) is 162 cm³/mol. The first-order valence-corrected chi connectivity index (χ1v) is 14.1. The summed E-state index contributed by atoms with van der Waals surface area (Å²) in [6.45, 7) is 6.87. The third-order valence-corrected chi connectivity index (χ3v) is 7.41. The molecule has 5 rings (SSSR count). The molecule has 0 bridgehead atoms. The number of hydrogen-bond acceptors (Lipinski definition) is 4. The standard InChI is InChI=1S/C33H36N4O2S/c1-32(2,3)39-31(38)36-20-19-28(22-36)35-30(40)21-29-23-37(24-34-29)33(25-13-7-4-8-14-25,26-15-9-5-10-16-26)27-17-11-6-12-18-27/h4-18,23-24,28H,19-22H2,1-3H3,(H,35,40)/t28-/m0/s1. The summed E-state index contributed by atoms with van der Waals surface area (Å²) < 4.78 is 7.73. The van der Waals surface area contributed by atoms with Gasteiger partial charge < -0.3 is 19.5 Å². The second kappa shape index (κ2) is 11.6. The van der Waals surface area contributed by atoms with E-state index < -0.39 is 11.1 Å². The fourth-order valence-electron chi connectivity index (χ4n) is 5.44. The molecule has 1 atom stereocenters. The summed E-state index contributed by atoms with van der Waals surface area (Å²) in [6, 6.07) is 31.7. The van der Waals surface area contributed by atoms with Gasteiger partial charge in [-0.2, -0.15) is 0 Å². The summed E-state index contributed by atoms with van der Waals surface area (Å²) in [5.74, 6) is 0. The van der Waals surface area contributed by atoms with E-state index in [0.29, 0.717) is 24.5 Å². The lowest BCUT2D eigenvalue weighted by Gasteiger charge is -2.37. The Morgan fingerprint density at radius 3 is 1.95 bits per heavy atom. The van der Waals surface area contributed by atoms with Crippen LogP contribution in [-0.4, -0.2) is 50.3 Å². The summed E-state index contributed by atoms with van der Waals surface area (Å²) in [6.07, 6.45) is 5.07. The molecule has 0 radical (unpaired) electrons. The Bertz CT molecular complexity index is 1330. The highest BCUT2D eigenvalue weighted by molar-refractivity contribution is 7.80. The van der Waals surface area contributed by atoms with E-state index in [-0.39, 0.29) is 12.1 Å². The molecule has 0 spiro atoms. The molecule has 7 heteroatoms. The van der Waals surface area contributed by atoms with Crippen LogP contribution in [0.15, 0.2) is 104 Å². The van der Waals surface area contributed by atoms with Crippen molar-refractivity contribution in [1.29, 1.82) is 0 Å². The first-order valence-electron chi connectivity index (χ1n) is 13.7. The van der Waals surface area contributed by atoms with Crippen molar-refractivity contribution in [1.82, 2.24) is 19.8 Å². The molecule has 1 aliphatic heterocycles. The maximum absolute atomic E-state index is 12.5. The summed E-state index contributed by atoms with van der Waals surface area (Å²) >= 11 is 5.75. The molecule has 4 aromatic rings. The van der Waals surface area contributed by atoms with Crippen LogP contribution in [-0.2, 0) is 16.7 Å². The number of imidazole rings is 1. The summed E-state index contributed by atoms with van der Waals surface area (Å²) in [5, 5.41) is 3.45. The van der Waals surface area contributed by atoms with Crippen molar-refractivity contribution in [3.63, 3.8) is 0 Å². The zero-order valence-electron chi connectivity index (χ0n) is 23.3. The third-order valence-electron chi connectivity index (χ3n) is 7.14. The molecule has 1 saturated heterocycles. The highest BCUT2D eigenvalue weighted by Crippen LogP contribution is 2.40. The van der Waals surface area contributed by atoms with Gasteiger partial charge in [0.2, 0.25) is 0 Å². The Hall–Kier alpha value is -3.97. The minimum atomic E-state index is -0.608. The van der Waals surface area contributed by atoms with E-state index >= 15 is 0 Å². The average molecular weight is 553 g/mol. The lowest BCUT2D eigenvalue weighted by molar-refractivity contribution is 0.0292. The number of rotatable bonds is 7. The highest BCUT2D eigenvalue weighted by atomic mass is 32.1. The lowest BCUT2D eigenvalue weighted by atomic mass is 9.77. The quantitative estimate of drug-likeness (QED) is 0.219. The molecule has 1 amide bonds. The van der Waals surface area contributed by atoms with Gasteiger partial charge in [0.05, 0.1) is 17.0 Å². The molecule has 3 aromatic carbocycles. The van der Waals surface area contributed by atoms with Gasteiger partial charge in [-0.1, -0.05) is 103 Å². The molecule has 0 unspecified atom stereocenters. The minimum Gasteiger partial charge on any atom is -0.444 e. The summed E-state index contributed by atoms with van der Waals surface area (Å²) in [4.78, 5) is 19.7. The van der Waals surface area contributed by atoms with E-state index in [2.05, 4.69) is 88.9 Å². The fraction of sp³-hybridized carbons (Fsp3) is 0.303. The van der Waals surface area contributed by atoms with Gasteiger partial charge >= 0.3 is 6.09 Å². The van der Waals surface area contributed by atoms with Crippen LogP contribution in [0.5, 0.6) is 0 Å². The Morgan fingerprint density at radius 1 is 0.925 bits per heavy atom. The number of ether oxygens (including phenoxy) is 1. The minimum absolute atomic E-state index is 0.0964. The summed E-state index contributed by atoms with van der Waals surface area (Å²) in [5.41, 5.74) is 3.20. The van der Waals surface area contributed by atoms with Gasteiger partial charge in [0.15, 0.2) is 0 Å². The molecule has 1 N–H and O–H groups in total. The van der Waals surface area contributed by atoms with Crippen LogP contribution >= 0.6 is 12.2 Å². The van der Waals surface area contributed by atoms with E-state index in [1.807, 2.05) is 45.3 Å². The van der Waals surface area contributed by atoms with Gasteiger partial charge in [-0.3, -0.25) is 0 Å². The van der Waals surface area contributed by atoms with Crippen molar-refractivity contribution in [3.8, 4) is 0 Å². The van der Waals surface area contributed by atoms with Gasteiger partial charge in [-0.15, -0.1) is 0 Å². The van der Waals surface area contributed by atoms with Crippen LogP contribution in [0.1, 0.15) is 49.6 Å². The maximum atomic E-state index is 12.5. The van der Waals surface area contributed by atoms with Gasteiger partial charge in [0, 0.05) is 31.7 Å². The van der Waals surface area contributed by atoms with Gasteiger partial charge in [-0.05, 0) is 43.9 Å². The first-order chi connectivity index (χ1) is 19.3. The molecular formula is C33H36N4O2S. The number of carbonyl (C=O) groups is 1. The Balaban J connectivity index is 1.39. The maximum Gasteiger partial charge on any atom is 0.410 e. The van der Waals surface area contributed by atoms with Crippen LogP contribution in [0.2, 0.25) is 0 Å². The monoisotopic (exact) mass is 552 g/mol. The van der Waals surface area contributed by atoms with Crippen LogP contribution in [0.4, 0.5) is 4.79 Å². The van der Waals surface area contributed by atoms with Gasteiger partial charge in [0.25, 0.3) is 0 Å². The van der Waals surface area contributed by atoms with Gasteiger partial charge in [-0.25, -0.2) is 9.78 Å². The van der Waals surface area contributed by atoms with Crippen LogP contribution in [0.25, 0.3) is 0 Å². The largest absolute Gasteiger partial charge is 0.444 e. The number of thiocarbonyl (C=S) groups is 1. The van der Waals surface area contributed by atoms with Crippen LogP contribution < -0.4 is 5.32 Å². The highest BCUT2D eigenvalue weighted by Gasteiger charge is 2.38. The number of carbonyl (C=O) groups excluding carboxylic acids is 1. The Morgan fingerprint density at radius 2 is 1.45 bits per heavy atom. The number of hydrogen-bond donors (Lipinski definition) is 1. The zero-order valence-corrected chi connectivity index (χ0v) is 24.1.